The maximum absolute atomic E-state index is 11.4. The highest BCUT2D eigenvalue weighted by molar-refractivity contribution is 9.10. The van der Waals surface area contributed by atoms with Crippen molar-refractivity contribution in [1.82, 2.24) is 9.97 Å². The number of hydrogen-bond donors (Lipinski definition) is 1. The normalized spacial score (nSPS) is 10.7. The van der Waals surface area contributed by atoms with Crippen LogP contribution in [0.4, 0.5) is 0 Å². The molecule has 1 N–H and O–H groups in total. The van der Waals surface area contributed by atoms with Gasteiger partial charge < -0.3 is 4.98 Å². The van der Waals surface area contributed by atoms with Crippen molar-refractivity contribution in [3.63, 3.8) is 0 Å². The number of hydrogen-bond acceptors (Lipinski definition) is 3. The van der Waals surface area contributed by atoms with Crippen LogP contribution in [-0.4, -0.2) is 9.97 Å². The van der Waals surface area contributed by atoms with Gasteiger partial charge in [0.2, 0.25) is 0 Å². The molecule has 0 aliphatic heterocycles. The molecule has 0 atom stereocenters. The lowest BCUT2D eigenvalue weighted by Gasteiger charge is -1.99. The molecule has 2 aromatic heterocycles. The van der Waals surface area contributed by atoms with Crippen LogP contribution in [0.1, 0.15) is 17.5 Å². The first-order valence-electron chi connectivity index (χ1n) is 4.96. The summed E-state index contributed by atoms with van der Waals surface area (Å²) >= 11 is 5.07. The highest BCUT2D eigenvalue weighted by Crippen LogP contribution is 2.31. The van der Waals surface area contributed by atoms with Gasteiger partial charge in [0, 0.05) is 21.1 Å². The Kier molecular flexibility index (Phi) is 3.25. The third kappa shape index (κ3) is 2.25. The van der Waals surface area contributed by atoms with Crippen molar-refractivity contribution in [2.75, 3.05) is 0 Å². The Hall–Kier alpha value is -0.940. The van der Waals surface area contributed by atoms with Crippen LogP contribution in [0.15, 0.2) is 21.4 Å². The van der Waals surface area contributed by atoms with Crippen LogP contribution in [0.5, 0.6) is 0 Å². The highest BCUT2D eigenvalue weighted by atomic mass is 79.9. The van der Waals surface area contributed by atoms with E-state index < -0.39 is 0 Å². The van der Waals surface area contributed by atoms with Crippen LogP contribution in [0.25, 0.3) is 10.7 Å². The van der Waals surface area contributed by atoms with E-state index in [0.717, 1.165) is 21.5 Å². The van der Waals surface area contributed by atoms with E-state index in [2.05, 4.69) is 25.9 Å². The van der Waals surface area contributed by atoms with Gasteiger partial charge in [-0.25, -0.2) is 4.98 Å². The number of nitrogens with zero attached hydrogens (tertiary/aromatic N) is 1. The summed E-state index contributed by atoms with van der Waals surface area (Å²) in [5.41, 5.74) is 0.727. The molecule has 0 amide bonds. The molecule has 0 fully saturated rings. The Labute approximate surface area is 106 Å². The zero-order chi connectivity index (χ0) is 11.7. The molecule has 0 saturated carbocycles. The predicted octanol–water partition coefficient (Wildman–Crippen LogP) is 3.13. The second-order valence-electron chi connectivity index (χ2n) is 3.45. The summed E-state index contributed by atoms with van der Waals surface area (Å²) in [7, 11) is 0. The van der Waals surface area contributed by atoms with Crippen molar-refractivity contribution in [1.29, 1.82) is 0 Å². The van der Waals surface area contributed by atoms with Crippen LogP contribution in [-0.2, 0) is 6.42 Å². The lowest BCUT2D eigenvalue weighted by atomic mass is 10.3. The number of nitrogens with one attached hydrogen (secondary N) is 1. The minimum absolute atomic E-state index is 0.0935. The summed E-state index contributed by atoms with van der Waals surface area (Å²) in [5.74, 6) is 0.656. The number of aromatic amines is 1. The molecule has 2 heterocycles. The molecule has 0 spiro atoms. The number of aryl methyl sites for hydroxylation is 2. The molecule has 84 valence electrons. The molecule has 0 aliphatic carbocycles. The Morgan fingerprint density at radius 2 is 2.25 bits per heavy atom. The van der Waals surface area contributed by atoms with Crippen LogP contribution in [0.2, 0.25) is 0 Å². The van der Waals surface area contributed by atoms with Gasteiger partial charge in [0.15, 0.2) is 5.82 Å². The van der Waals surface area contributed by atoms with Crippen molar-refractivity contribution in [3.05, 3.63) is 37.5 Å². The van der Waals surface area contributed by atoms with E-state index in [-0.39, 0.29) is 5.56 Å². The van der Waals surface area contributed by atoms with Gasteiger partial charge in [-0.05, 0) is 35.3 Å². The van der Waals surface area contributed by atoms with Gasteiger partial charge in [0.25, 0.3) is 5.56 Å². The maximum Gasteiger partial charge on any atom is 0.251 e. The molecule has 2 aromatic rings. The first-order chi connectivity index (χ1) is 7.60. The van der Waals surface area contributed by atoms with Crippen molar-refractivity contribution in [2.24, 2.45) is 0 Å². The summed E-state index contributed by atoms with van der Waals surface area (Å²) < 4.78 is 1.05. The van der Waals surface area contributed by atoms with E-state index in [4.69, 9.17) is 0 Å². The van der Waals surface area contributed by atoms with Crippen molar-refractivity contribution in [3.8, 4) is 10.7 Å². The number of halogens is 1. The Morgan fingerprint density at radius 1 is 1.50 bits per heavy atom. The Morgan fingerprint density at radius 3 is 2.81 bits per heavy atom. The summed E-state index contributed by atoms with van der Waals surface area (Å²) in [6, 6.07) is 3.52. The topological polar surface area (TPSA) is 45.8 Å². The highest BCUT2D eigenvalue weighted by Gasteiger charge is 2.08. The number of H-pyrrole nitrogens is 1. The van der Waals surface area contributed by atoms with Crippen LogP contribution < -0.4 is 5.56 Å². The molecule has 2 rings (SSSR count). The van der Waals surface area contributed by atoms with Gasteiger partial charge in [-0.3, -0.25) is 4.79 Å². The van der Waals surface area contributed by atoms with Gasteiger partial charge in [-0.1, -0.05) is 6.92 Å². The summed E-state index contributed by atoms with van der Waals surface area (Å²) in [6.07, 6.45) is 0.766. The molecule has 0 unspecified atom stereocenters. The van der Waals surface area contributed by atoms with E-state index in [1.165, 1.54) is 4.88 Å². The SMILES string of the molecule is CCc1cc(=O)[nH]c(-c2cc(Br)c(C)s2)n1. The zero-order valence-corrected chi connectivity index (χ0v) is 11.4. The maximum atomic E-state index is 11.4. The fraction of sp³-hybridized carbons (Fsp3) is 0.273. The molecular formula is C11H11BrN2OS. The molecule has 0 radical (unpaired) electrons. The van der Waals surface area contributed by atoms with Crippen LogP contribution in [0, 0.1) is 6.92 Å². The standard InChI is InChI=1S/C11H11BrN2OS/c1-3-7-4-10(15)14-11(13-7)9-5-8(12)6(2)16-9/h4-5H,3H2,1-2H3,(H,13,14,15). The predicted molar refractivity (Wildman–Crippen MR) is 70.0 cm³/mol. The molecular weight excluding hydrogens is 288 g/mol. The number of rotatable bonds is 2. The van der Waals surface area contributed by atoms with Crippen molar-refractivity contribution >= 4 is 27.3 Å². The second kappa shape index (κ2) is 4.51. The van der Waals surface area contributed by atoms with E-state index in [1.54, 1.807) is 17.4 Å². The average molecular weight is 299 g/mol. The van der Waals surface area contributed by atoms with Crippen LogP contribution >= 0.6 is 27.3 Å². The summed E-state index contributed by atoms with van der Waals surface area (Å²) in [5, 5.41) is 0. The van der Waals surface area contributed by atoms with Crippen molar-refractivity contribution in [2.45, 2.75) is 20.3 Å². The fourth-order valence-corrected chi connectivity index (χ4v) is 2.86. The molecule has 0 aliphatic rings. The van der Waals surface area contributed by atoms with Gasteiger partial charge in [0.1, 0.15) is 0 Å². The van der Waals surface area contributed by atoms with E-state index in [0.29, 0.717) is 5.82 Å². The van der Waals surface area contributed by atoms with Gasteiger partial charge in [-0.15, -0.1) is 11.3 Å². The van der Waals surface area contributed by atoms with E-state index in [9.17, 15) is 4.79 Å². The number of thiophene rings is 1. The minimum Gasteiger partial charge on any atom is -0.306 e. The molecule has 0 saturated heterocycles. The smallest absolute Gasteiger partial charge is 0.251 e. The van der Waals surface area contributed by atoms with Gasteiger partial charge in [0.05, 0.1) is 4.88 Å². The largest absolute Gasteiger partial charge is 0.306 e. The first kappa shape index (κ1) is 11.5. The zero-order valence-electron chi connectivity index (χ0n) is 9.00. The fourth-order valence-electron chi connectivity index (χ4n) is 1.38. The molecule has 16 heavy (non-hydrogen) atoms. The van der Waals surface area contributed by atoms with E-state index in [1.807, 2.05) is 19.9 Å². The summed E-state index contributed by atoms with van der Waals surface area (Å²) in [6.45, 7) is 4.02. The monoisotopic (exact) mass is 298 g/mol. The van der Waals surface area contributed by atoms with Gasteiger partial charge in [-0.2, -0.15) is 0 Å². The first-order valence-corrected chi connectivity index (χ1v) is 6.57. The van der Waals surface area contributed by atoms with Gasteiger partial charge >= 0.3 is 0 Å². The molecule has 0 bridgehead atoms. The van der Waals surface area contributed by atoms with Crippen molar-refractivity contribution < 1.29 is 0 Å². The summed E-state index contributed by atoms with van der Waals surface area (Å²) in [4.78, 5) is 20.8. The molecule has 3 nitrogen and oxygen atoms in total. The van der Waals surface area contributed by atoms with E-state index >= 15 is 0 Å². The lowest BCUT2D eigenvalue weighted by molar-refractivity contribution is 0.990. The second-order valence-corrected chi connectivity index (χ2v) is 5.56. The Bertz CT molecular complexity index is 554. The lowest BCUT2D eigenvalue weighted by Crippen LogP contribution is -2.09. The third-order valence-corrected chi connectivity index (χ3v) is 4.39. The average Bonchev–Trinajstić information content (AvgIpc) is 2.58. The molecule has 0 aromatic carbocycles. The minimum atomic E-state index is -0.0935. The van der Waals surface area contributed by atoms with Crippen LogP contribution in [0.3, 0.4) is 0 Å². The molecule has 5 heteroatoms. The third-order valence-electron chi connectivity index (χ3n) is 2.25. The quantitative estimate of drug-likeness (QED) is 0.926. The Balaban J connectivity index is 2.55. The number of aromatic nitrogens is 2.